The number of anilines is 1. The molecule has 0 spiro atoms. The van der Waals surface area contributed by atoms with E-state index in [0.29, 0.717) is 17.0 Å². The van der Waals surface area contributed by atoms with Crippen molar-refractivity contribution in [3.63, 3.8) is 0 Å². The molecule has 136 valence electrons. The van der Waals surface area contributed by atoms with Crippen molar-refractivity contribution >= 4 is 17.5 Å². The van der Waals surface area contributed by atoms with Gasteiger partial charge in [0.1, 0.15) is 11.4 Å². The SMILES string of the molecule is COc1cccc(NC(=O)c2cc(C(=O)N3CCCCCC3)ccn2)c1. The number of likely N-dealkylation sites (tertiary alicyclic amines) is 1. The van der Waals surface area contributed by atoms with Crippen LogP contribution >= 0.6 is 0 Å². The predicted molar refractivity (Wildman–Crippen MR) is 99.6 cm³/mol. The van der Waals surface area contributed by atoms with Crippen LogP contribution in [0.3, 0.4) is 0 Å². The van der Waals surface area contributed by atoms with Crippen LogP contribution in [0.1, 0.15) is 46.5 Å². The average molecular weight is 353 g/mol. The molecule has 1 saturated heterocycles. The van der Waals surface area contributed by atoms with Gasteiger partial charge in [0.15, 0.2) is 0 Å². The zero-order valence-electron chi connectivity index (χ0n) is 14.9. The summed E-state index contributed by atoms with van der Waals surface area (Å²) in [6, 6.07) is 10.3. The number of carbonyl (C=O) groups is 2. The molecule has 1 N–H and O–H groups in total. The summed E-state index contributed by atoms with van der Waals surface area (Å²) in [5.41, 5.74) is 1.33. The zero-order valence-corrected chi connectivity index (χ0v) is 14.9. The van der Waals surface area contributed by atoms with E-state index in [-0.39, 0.29) is 17.5 Å². The van der Waals surface area contributed by atoms with Gasteiger partial charge >= 0.3 is 0 Å². The maximum Gasteiger partial charge on any atom is 0.274 e. The van der Waals surface area contributed by atoms with Crippen LogP contribution in [0.15, 0.2) is 42.6 Å². The number of aromatic nitrogens is 1. The average Bonchev–Trinajstić information content (AvgIpc) is 2.97. The molecule has 0 saturated carbocycles. The quantitative estimate of drug-likeness (QED) is 0.915. The number of ether oxygens (including phenoxy) is 1. The monoisotopic (exact) mass is 353 g/mol. The maximum absolute atomic E-state index is 12.7. The van der Waals surface area contributed by atoms with E-state index < -0.39 is 0 Å². The molecule has 1 aliphatic heterocycles. The molecule has 0 atom stereocenters. The molecule has 6 heteroatoms. The normalized spacial score (nSPS) is 14.4. The van der Waals surface area contributed by atoms with E-state index in [0.717, 1.165) is 38.8 Å². The summed E-state index contributed by atoms with van der Waals surface area (Å²) in [5.74, 6) is 0.259. The Balaban J connectivity index is 1.73. The molecule has 1 aliphatic rings. The van der Waals surface area contributed by atoms with E-state index in [1.807, 2.05) is 4.90 Å². The van der Waals surface area contributed by atoms with Crippen LogP contribution < -0.4 is 10.1 Å². The Hall–Kier alpha value is -2.89. The molecule has 2 aromatic rings. The molecular formula is C20H23N3O3. The third kappa shape index (κ3) is 4.39. The van der Waals surface area contributed by atoms with Crippen LogP contribution in [0, 0.1) is 0 Å². The van der Waals surface area contributed by atoms with Gasteiger partial charge in [0.25, 0.3) is 11.8 Å². The van der Waals surface area contributed by atoms with E-state index in [1.165, 1.54) is 6.20 Å². The number of carbonyl (C=O) groups excluding carboxylic acids is 2. The van der Waals surface area contributed by atoms with Gasteiger partial charge in [-0.3, -0.25) is 14.6 Å². The van der Waals surface area contributed by atoms with Gasteiger partial charge in [-0.2, -0.15) is 0 Å². The molecule has 1 fully saturated rings. The Labute approximate surface area is 153 Å². The first-order valence-electron chi connectivity index (χ1n) is 8.88. The highest BCUT2D eigenvalue weighted by Gasteiger charge is 2.19. The minimum absolute atomic E-state index is 0.0373. The summed E-state index contributed by atoms with van der Waals surface area (Å²) in [6.45, 7) is 1.54. The summed E-state index contributed by atoms with van der Waals surface area (Å²) >= 11 is 0. The van der Waals surface area contributed by atoms with Crippen molar-refractivity contribution in [1.29, 1.82) is 0 Å². The second-order valence-corrected chi connectivity index (χ2v) is 6.32. The number of pyridine rings is 1. The standard InChI is InChI=1S/C20H23N3O3/c1-26-17-8-6-7-16(14-17)22-19(24)18-13-15(9-10-21-18)20(25)23-11-4-2-3-5-12-23/h6-10,13-14H,2-5,11-12H2,1H3,(H,22,24). The number of methoxy groups -OCH3 is 1. The van der Waals surface area contributed by atoms with Crippen molar-refractivity contribution in [3.8, 4) is 5.75 Å². The van der Waals surface area contributed by atoms with Crippen molar-refractivity contribution in [1.82, 2.24) is 9.88 Å². The molecule has 1 aromatic carbocycles. The van der Waals surface area contributed by atoms with Crippen LogP contribution in [-0.2, 0) is 0 Å². The fourth-order valence-electron chi connectivity index (χ4n) is 3.04. The first-order valence-corrected chi connectivity index (χ1v) is 8.88. The van der Waals surface area contributed by atoms with Crippen LogP contribution in [0.2, 0.25) is 0 Å². The molecule has 0 radical (unpaired) electrons. The number of hydrogen-bond donors (Lipinski definition) is 1. The molecule has 0 aliphatic carbocycles. The molecule has 0 unspecified atom stereocenters. The molecule has 26 heavy (non-hydrogen) atoms. The van der Waals surface area contributed by atoms with Gasteiger partial charge in [0.05, 0.1) is 7.11 Å². The van der Waals surface area contributed by atoms with Gasteiger partial charge in [-0.25, -0.2) is 0 Å². The number of nitrogens with one attached hydrogen (secondary N) is 1. The van der Waals surface area contributed by atoms with Crippen LogP contribution in [0.4, 0.5) is 5.69 Å². The fraction of sp³-hybridized carbons (Fsp3) is 0.350. The first kappa shape index (κ1) is 17.9. The molecular weight excluding hydrogens is 330 g/mol. The Kier molecular flexibility index (Phi) is 5.84. The largest absolute Gasteiger partial charge is 0.497 e. The molecule has 0 bridgehead atoms. The number of amides is 2. The molecule has 2 amide bonds. The second-order valence-electron chi connectivity index (χ2n) is 6.32. The highest BCUT2D eigenvalue weighted by atomic mass is 16.5. The lowest BCUT2D eigenvalue weighted by Gasteiger charge is -2.20. The van der Waals surface area contributed by atoms with Crippen molar-refractivity contribution in [3.05, 3.63) is 53.9 Å². The Morgan fingerprint density at radius 3 is 2.58 bits per heavy atom. The van der Waals surface area contributed by atoms with Gasteiger partial charge in [0.2, 0.25) is 0 Å². The van der Waals surface area contributed by atoms with Gasteiger partial charge < -0.3 is 15.0 Å². The lowest BCUT2D eigenvalue weighted by Crippen LogP contribution is -2.32. The predicted octanol–water partition coefficient (Wildman–Crippen LogP) is 3.36. The summed E-state index contributed by atoms with van der Waals surface area (Å²) in [5, 5.41) is 2.78. The summed E-state index contributed by atoms with van der Waals surface area (Å²) < 4.78 is 5.15. The second kappa shape index (κ2) is 8.47. The molecule has 6 nitrogen and oxygen atoms in total. The van der Waals surface area contributed by atoms with Crippen molar-refractivity contribution in [2.45, 2.75) is 25.7 Å². The third-order valence-corrected chi connectivity index (χ3v) is 4.46. The van der Waals surface area contributed by atoms with Crippen LogP contribution in [0.25, 0.3) is 0 Å². The van der Waals surface area contributed by atoms with Gasteiger partial charge in [-0.05, 0) is 37.1 Å². The molecule has 1 aromatic heterocycles. The highest BCUT2D eigenvalue weighted by Crippen LogP contribution is 2.18. The summed E-state index contributed by atoms with van der Waals surface area (Å²) in [7, 11) is 1.57. The van der Waals surface area contributed by atoms with E-state index in [2.05, 4.69) is 10.3 Å². The lowest BCUT2D eigenvalue weighted by atomic mass is 10.2. The Morgan fingerprint density at radius 1 is 1.08 bits per heavy atom. The minimum atomic E-state index is -0.358. The number of hydrogen-bond acceptors (Lipinski definition) is 4. The van der Waals surface area contributed by atoms with Gasteiger partial charge in [-0.15, -0.1) is 0 Å². The first-order chi connectivity index (χ1) is 12.7. The molecule has 2 heterocycles. The topological polar surface area (TPSA) is 71.5 Å². The van der Waals surface area contributed by atoms with Crippen molar-refractivity contribution in [2.75, 3.05) is 25.5 Å². The lowest BCUT2D eigenvalue weighted by molar-refractivity contribution is 0.0761. The summed E-state index contributed by atoms with van der Waals surface area (Å²) in [6.07, 6.45) is 5.88. The van der Waals surface area contributed by atoms with E-state index in [4.69, 9.17) is 4.74 Å². The Morgan fingerprint density at radius 2 is 1.85 bits per heavy atom. The van der Waals surface area contributed by atoms with Gasteiger partial charge in [-0.1, -0.05) is 18.9 Å². The fourth-order valence-corrected chi connectivity index (χ4v) is 3.04. The van der Waals surface area contributed by atoms with Gasteiger partial charge in [0, 0.05) is 36.6 Å². The zero-order chi connectivity index (χ0) is 18.4. The van der Waals surface area contributed by atoms with Crippen LogP contribution in [0.5, 0.6) is 5.75 Å². The number of rotatable bonds is 4. The third-order valence-electron chi connectivity index (χ3n) is 4.46. The van der Waals surface area contributed by atoms with E-state index in [9.17, 15) is 9.59 Å². The molecule has 3 rings (SSSR count). The highest BCUT2D eigenvalue weighted by molar-refractivity contribution is 6.04. The minimum Gasteiger partial charge on any atom is -0.497 e. The number of nitrogens with zero attached hydrogens (tertiary/aromatic N) is 2. The Bertz CT molecular complexity index is 783. The maximum atomic E-state index is 12.7. The van der Waals surface area contributed by atoms with Crippen molar-refractivity contribution in [2.24, 2.45) is 0 Å². The van der Waals surface area contributed by atoms with E-state index in [1.54, 1.807) is 43.5 Å². The number of benzene rings is 1. The smallest absolute Gasteiger partial charge is 0.274 e. The van der Waals surface area contributed by atoms with Crippen LogP contribution in [-0.4, -0.2) is 41.9 Å². The van der Waals surface area contributed by atoms with E-state index >= 15 is 0 Å². The van der Waals surface area contributed by atoms with Crippen molar-refractivity contribution < 1.29 is 14.3 Å². The summed E-state index contributed by atoms with van der Waals surface area (Å²) in [4.78, 5) is 31.2.